The Hall–Kier alpha value is -2.08. The van der Waals surface area contributed by atoms with Crippen LogP contribution in [-0.2, 0) is 4.79 Å². The molecular formula is C15H22N2O4. The first-order valence-corrected chi connectivity index (χ1v) is 7.00. The first kappa shape index (κ1) is 17.0. The summed E-state index contributed by atoms with van der Waals surface area (Å²) in [5.74, 6) is -0.536. The molecule has 1 rings (SSSR count). The summed E-state index contributed by atoms with van der Waals surface area (Å²) in [5, 5.41) is 8.99. The molecule has 6 nitrogen and oxygen atoms in total. The summed E-state index contributed by atoms with van der Waals surface area (Å²) in [6, 6.07) is 6.52. The third-order valence-electron chi connectivity index (χ3n) is 3.01. The molecule has 1 aromatic rings. The minimum atomic E-state index is -0.601. The molecule has 2 amide bonds. The van der Waals surface area contributed by atoms with Gasteiger partial charge in [-0.1, -0.05) is 25.5 Å². The van der Waals surface area contributed by atoms with Gasteiger partial charge in [0, 0.05) is 13.1 Å². The monoisotopic (exact) mass is 294 g/mol. The van der Waals surface area contributed by atoms with Gasteiger partial charge in [0.2, 0.25) is 0 Å². The van der Waals surface area contributed by atoms with Gasteiger partial charge in [0.25, 0.3) is 11.8 Å². The van der Waals surface area contributed by atoms with Crippen LogP contribution in [0.3, 0.4) is 0 Å². The van der Waals surface area contributed by atoms with Crippen molar-refractivity contribution in [2.45, 2.75) is 19.8 Å². The first-order valence-electron chi connectivity index (χ1n) is 7.00. The van der Waals surface area contributed by atoms with Gasteiger partial charge in [-0.15, -0.1) is 0 Å². The number of primary amides is 1. The fraction of sp³-hybridized carbons (Fsp3) is 0.467. The molecule has 6 heteroatoms. The van der Waals surface area contributed by atoms with Gasteiger partial charge < -0.3 is 20.5 Å². The molecule has 0 fully saturated rings. The van der Waals surface area contributed by atoms with Gasteiger partial charge in [-0.25, -0.2) is 0 Å². The van der Waals surface area contributed by atoms with E-state index in [9.17, 15) is 9.59 Å². The van der Waals surface area contributed by atoms with E-state index in [1.807, 2.05) is 6.92 Å². The van der Waals surface area contributed by atoms with Crippen LogP contribution in [0, 0.1) is 0 Å². The Bertz CT molecular complexity index is 476. The lowest BCUT2D eigenvalue weighted by Gasteiger charge is -2.21. The number of aliphatic hydroxyl groups is 1. The van der Waals surface area contributed by atoms with E-state index >= 15 is 0 Å². The summed E-state index contributed by atoms with van der Waals surface area (Å²) in [6.07, 6.45) is 1.82. The van der Waals surface area contributed by atoms with Gasteiger partial charge >= 0.3 is 0 Å². The Morgan fingerprint density at radius 2 is 2.00 bits per heavy atom. The van der Waals surface area contributed by atoms with E-state index in [0.29, 0.717) is 6.54 Å². The smallest absolute Gasteiger partial charge is 0.260 e. The molecule has 116 valence electrons. The van der Waals surface area contributed by atoms with Crippen molar-refractivity contribution in [3.05, 3.63) is 29.8 Å². The first-order chi connectivity index (χ1) is 10.1. The minimum absolute atomic E-state index is 0.0900. The number of aliphatic hydroxyl groups excluding tert-OH is 1. The number of rotatable bonds is 9. The van der Waals surface area contributed by atoms with Crippen molar-refractivity contribution >= 4 is 11.8 Å². The molecule has 0 saturated carbocycles. The van der Waals surface area contributed by atoms with Gasteiger partial charge in [0.1, 0.15) is 5.75 Å². The lowest BCUT2D eigenvalue weighted by molar-refractivity contribution is -0.134. The largest absolute Gasteiger partial charge is 0.483 e. The number of nitrogens with zero attached hydrogens (tertiary/aromatic N) is 1. The molecule has 0 atom stereocenters. The van der Waals surface area contributed by atoms with E-state index < -0.39 is 5.91 Å². The highest BCUT2D eigenvalue weighted by Crippen LogP contribution is 2.17. The molecule has 0 aliphatic carbocycles. The molecule has 1 aromatic carbocycles. The number of nitrogens with two attached hydrogens (primary N) is 1. The molecule has 0 saturated heterocycles. The Morgan fingerprint density at radius 1 is 1.29 bits per heavy atom. The second-order valence-electron chi connectivity index (χ2n) is 4.61. The van der Waals surface area contributed by atoms with Crippen LogP contribution in [0.4, 0.5) is 0 Å². The van der Waals surface area contributed by atoms with Gasteiger partial charge in [-0.2, -0.15) is 0 Å². The highest BCUT2D eigenvalue weighted by Gasteiger charge is 2.15. The fourth-order valence-corrected chi connectivity index (χ4v) is 1.86. The topological polar surface area (TPSA) is 92.9 Å². The normalized spacial score (nSPS) is 10.2. The van der Waals surface area contributed by atoms with Crippen molar-refractivity contribution in [1.29, 1.82) is 0 Å². The number of benzene rings is 1. The number of carbonyl (C=O) groups is 2. The van der Waals surface area contributed by atoms with E-state index in [0.717, 1.165) is 12.8 Å². The number of carbonyl (C=O) groups excluding carboxylic acids is 2. The van der Waals surface area contributed by atoms with Crippen LogP contribution in [0.25, 0.3) is 0 Å². The van der Waals surface area contributed by atoms with E-state index in [2.05, 4.69) is 0 Å². The maximum atomic E-state index is 12.1. The van der Waals surface area contributed by atoms with Crippen LogP contribution in [0.1, 0.15) is 30.1 Å². The van der Waals surface area contributed by atoms with Crippen LogP contribution in [0.5, 0.6) is 5.75 Å². The molecule has 0 spiro atoms. The average Bonchev–Trinajstić information content (AvgIpc) is 2.49. The zero-order chi connectivity index (χ0) is 15.7. The Labute approximate surface area is 124 Å². The maximum Gasteiger partial charge on any atom is 0.260 e. The predicted octanol–water partition coefficient (Wildman–Crippen LogP) is 0.785. The second-order valence-corrected chi connectivity index (χ2v) is 4.61. The van der Waals surface area contributed by atoms with Crippen molar-refractivity contribution < 1.29 is 19.4 Å². The Morgan fingerprint density at radius 3 is 2.62 bits per heavy atom. The molecule has 0 aromatic heterocycles. The van der Waals surface area contributed by atoms with E-state index in [4.69, 9.17) is 15.6 Å². The minimum Gasteiger partial charge on any atom is -0.483 e. The third-order valence-corrected chi connectivity index (χ3v) is 3.01. The summed E-state index contributed by atoms with van der Waals surface area (Å²) in [4.78, 5) is 24.9. The van der Waals surface area contributed by atoms with Crippen molar-refractivity contribution in [2.75, 3.05) is 26.3 Å². The zero-order valence-corrected chi connectivity index (χ0v) is 12.2. The summed E-state index contributed by atoms with van der Waals surface area (Å²) in [6.45, 7) is 2.61. The highest BCUT2D eigenvalue weighted by atomic mass is 16.5. The lowest BCUT2D eigenvalue weighted by Crippen LogP contribution is -2.37. The number of amides is 2. The number of unbranched alkanes of at least 4 members (excludes halogenated alkanes) is 1. The molecule has 0 radical (unpaired) electrons. The molecule has 0 aliphatic rings. The van der Waals surface area contributed by atoms with E-state index in [-0.39, 0.29) is 37.0 Å². The van der Waals surface area contributed by atoms with Crippen molar-refractivity contribution in [2.24, 2.45) is 5.73 Å². The van der Waals surface area contributed by atoms with Crippen LogP contribution in [0.15, 0.2) is 24.3 Å². The summed E-state index contributed by atoms with van der Waals surface area (Å²) in [7, 11) is 0. The summed E-state index contributed by atoms with van der Waals surface area (Å²) >= 11 is 0. The third kappa shape index (κ3) is 5.43. The summed E-state index contributed by atoms with van der Waals surface area (Å²) in [5.41, 5.74) is 5.49. The Balaban J connectivity index is 2.64. The molecular weight excluding hydrogens is 272 g/mol. The average molecular weight is 294 g/mol. The SMILES string of the molecule is CCCCN(CCO)C(=O)COc1ccccc1C(N)=O. The number of hydrogen-bond acceptors (Lipinski definition) is 4. The zero-order valence-electron chi connectivity index (χ0n) is 12.2. The molecule has 3 N–H and O–H groups in total. The lowest BCUT2D eigenvalue weighted by atomic mass is 10.2. The van der Waals surface area contributed by atoms with Gasteiger partial charge in [-0.05, 0) is 18.6 Å². The fourth-order valence-electron chi connectivity index (χ4n) is 1.86. The number of hydrogen-bond donors (Lipinski definition) is 2. The number of para-hydroxylation sites is 1. The molecule has 0 aliphatic heterocycles. The van der Waals surface area contributed by atoms with Gasteiger partial charge in [-0.3, -0.25) is 9.59 Å². The highest BCUT2D eigenvalue weighted by molar-refractivity contribution is 5.95. The molecule has 0 unspecified atom stereocenters. The van der Waals surface area contributed by atoms with Crippen LogP contribution < -0.4 is 10.5 Å². The van der Waals surface area contributed by atoms with Crippen molar-refractivity contribution in [3.63, 3.8) is 0 Å². The molecule has 0 heterocycles. The number of ether oxygens (including phenoxy) is 1. The van der Waals surface area contributed by atoms with Crippen LogP contribution >= 0.6 is 0 Å². The predicted molar refractivity (Wildman–Crippen MR) is 79.0 cm³/mol. The maximum absolute atomic E-state index is 12.1. The van der Waals surface area contributed by atoms with Crippen LogP contribution in [-0.4, -0.2) is 48.1 Å². The van der Waals surface area contributed by atoms with Gasteiger partial charge in [0.05, 0.1) is 12.2 Å². The second kappa shape index (κ2) is 8.97. The van der Waals surface area contributed by atoms with Crippen molar-refractivity contribution in [1.82, 2.24) is 4.90 Å². The summed E-state index contributed by atoms with van der Waals surface area (Å²) < 4.78 is 5.39. The standard InChI is InChI=1S/C15H22N2O4/c1-2-3-8-17(9-10-18)14(19)11-21-13-7-5-4-6-12(13)15(16)20/h4-7,18H,2-3,8-11H2,1H3,(H2,16,20). The van der Waals surface area contributed by atoms with Gasteiger partial charge in [0.15, 0.2) is 6.61 Å². The van der Waals surface area contributed by atoms with Crippen molar-refractivity contribution in [3.8, 4) is 5.75 Å². The van der Waals surface area contributed by atoms with E-state index in [1.54, 1.807) is 29.2 Å². The van der Waals surface area contributed by atoms with Crippen LogP contribution in [0.2, 0.25) is 0 Å². The molecule has 21 heavy (non-hydrogen) atoms. The molecule has 0 bridgehead atoms. The van der Waals surface area contributed by atoms with E-state index in [1.165, 1.54) is 0 Å². The Kier molecular flexibility index (Phi) is 7.25. The quantitative estimate of drug-likeness (QED) is 0.704.